The third-order valence-corrected chi connectivity index (χ3v) is 5.51. The summed E-state index contributed by atoms with van der Waals surface area (Å²) in [6.07, 6.45) is 2.88. The Labute approximate surface area is 142 Å². The first-order valence-corrected chi connectivity index (χ1v) is 9.08. The third-order valence-electron chi connectivity index (χ3n) is 3.90. The van der Waals surface area contributed by atoms with Crippen LogP contribution in [0, 0.1) is 0 Å². The number of amides is 1. The van der Waals surface area contributed by atoms with E-state index in [1.807, 2.05) is 17.0 Å². The number of furan rings is 1. The van der Waals surface area contributed by atoms with E-state index < -0.39 is 0 Å². The molecular weight excluding hydrogens is 364 g/mol. The molecule has 1 aliphatic rings. The van der Waals surface area contributed by atoms with Crippen LogP contribution in [0.4, 0.5) is 0 Å². The van der Waals surface area contributed by atoms with Gasteiger partial charge in [-0.05, 0) is 40.2 Å². The summed E-state index contributed by atoms with van der Waals surface area (Å²) in [5.41, 5.74) is 0. The second kappa shape index (κ2) is 7.44. The second-order valence-electron chi connectivity index (χ2n) is 5.44. The van der Waals surface area contributed by atoms with E-state index in [4.69, 9.17) is 4.42 Å². The molecule has 3 heterocycles. The number of thiophene rings is 1. The van der Waals surface area contributed by atoms with Crippen molar-refractivity contribution < 1.29 is 9.21 Å². The van der Waals surface area contributed by atoms with Gasteiger partial charge < -0.3 is 9.32 Å². The molecule has 0 spiro atoms. The molecule has 0 saturated carbocycles. The smallest absolute Gasteiger partial charge is 0.223 e. The highest BCUT2D eigenvalue weighted by atomic mass is 79.9. The molecule has 0 radical (unpaired) electrons. The number of carbonyl (C=O) groups is 1. The van der Waals surface area contributed by atoms with Crippen LogP contribution in [0.15, 0.2) is 38.7 Å². The summed E-state index contributed by atoms with van der Waals surface area (Å²) >= 11 is 5.28. The lowest BCUT2D eigenvalue weighted by atomic mass is 10.2. The minimum absolute atomic E-state index is 0.231. The molecule has 0 bridgehead atoms. The zero-order chi connectivity index (χ0) is 15.4. The van der Waals surface area contributed by atoms with E-state index in [2.05, 4.69) is 33.0 Å². The Balaban J connectivity index is 1.42. The highest BCUT2D eigenvalue weighted by Crippen LogP contribution is 2.23. The van der Waals surface area contributed by atoms with Crippen LogP contribution in [0.2, 0.25) is 0 Å². The third kappa shape index (κ3) is 4.21. The monoisotopic (exact) mass is 382 g/mol. The van der Waals surface area contributed by atoms with Crippen molar-refractivity contribution in [1.29, 1.82) is 0 Å². The number of carbonyl (C=O) groups excluding carboxylic acids is 1. The fraction of sp³-hybridized carbons (Fsp3) is 0.438. The molecule has 0 unspecified atom stereocenters. The molecule has 3 rings (SSSR count). The predicted molar refractivity (Wildman–Crippen MR) is 90.9 cm³/mol. The van der Waals surface area contributed by atoms with E-state index in [0.717, 1.165) is 38.5 Å². The topological polar surface area (TPSA) is 36.7 Å². The molecule has 0 aliphatic carbocycles. The molecule has 1 aliphatic heterocycles. The summed E-state index contributed by atoms with van der Waals surface area (Å²) in [7, 11) is 0. The zero-order valence-electron chi connectivity index (χ0n) is 12.3. The van der Waals surface area contributed by atoms with Crippen LogP contribution in [-0.2, 0) is 17.8 Å². The number of rotatable bonds is 5. The van der Waals surface area contributed by atoms with Crippen molar-refractivity contribution in [2.45, 2.75) is 19.4 Å². The second-order valence-corrected chi connectivity index (χ2v) is 7.99. The normalized spacial score (nSPS) is 16.1. The van der Waals surface area contributed by atoms with Crippen molar-refractivity contribution >= 4 is 33.2 Å². The first kappa shape index (κ1) is 15.8. The van der Waals surface area contributed by atoms with Crippen molar-refractivity contribution in [2.24, 2.45) is 0 Å². The average Bonchev–Trinajstić information content (AvgIpc) is 3.17. The Bertz CT molecular complexity index is 603. The van der Waals surface area contributed by atoms with Crippen LogP contribution in [0.1, 0.15) is 17.1 Å². The summed E-state index contributed by atoms with van der Waals surface area (Å²) in [6, 6.07) is 8.04. The SMILES string of the molecule is O=C(CCc1ccco1)N1CCN(Cc2ccc(Br)s2)CC1. The maximum atomic E-state index is 12.2. The Morgan fingerprint density at radius 3 is 2.68 bits per heavy atom. The molecule has 0 atom stereocenters. The summed E-state index contributed by atoms with van der Waals surface area (Å²) in [5.74, 6) is 1.12. The number of nitrogens with zero attached hydrogens (tertiary/aromatic N) is 2. The van der Waals surface area contributed by atoms with Crippen molar-refractivity contribution in [3.05, 3.63) is 45.0 Å². The summed E-state index contributed by atoms with van der Waals surface area (Å²) in [4.78, 5) is 18.0. The van der Waals surface area contributed by atoms with Crippen LogP contribution in [0.25, 0.3) is 0 Å². The van der Waals surface area contributed by atoms with Gasteiger partial charge in [0.15, 0.2) is 0 Å². The van der Waals surface area contributed by atoms with Gasteiger partial charge in [-0.25, -0.2) is 0 Å². The van der Waals surface area contributed by atoms with E-state index in [1.165, 1.54) is 8.66 Å². The largest absolute Gasteiger partial charge is 0.469 e. The maximum Gasteiger partial charge on any atom is 0.223 e. The molecule has 1 fully saturated rings. The lowest BCUT2D eigenvalue weighted by Crippen LogP contribution is -2.48. The Kier molecular flexibility index (Phi) is 5.33. The lowest BCUT2D eigenvalue weighted by Gasteiger charge is -2.34. The molecule has 0 N–H and O–H groups in total. The van der Waals surface area contributed by atoms with E-state index in [0.29, 0.717) is 12.8 Å². The molecule has 4 nitrogen and oxygen atoms in total. The summed E-state index contributed by atoms with van der Waals surface area (Å²) in [6.45, 7) is 4.52. The van der Waals surface area contributed by atoms with Crippen LogP contribution in [-0.4, -0.2) is 41.9 Å². The minimum atomic E-state index is 0.231. The van der Waals surface area contributed by atoms with Gasteiger partial charge in [0.1, 0.15) is 5.76 Å². The molecule has 1 saturated heterocycles. The fourth-order valence-corrected chi connectivity index (χ4v) is 4.18. The van der Waals surface area contributed by atoms with Gasteiger partial charge in [0.2, 0.25) is 5.91 Å². The van der Waals surface area contributed by atoms with Gasteiger partial charge in [0.25, 0.3) is 0 Å². The number of hydrogen-bond acceptors (Lipinski definition) is 4. The van der Waals surface area contributed by atoms with Crippen LogP contribution < -0.4 is 0 Å². The van der Waals surface area contributed by atoms with Gasteiger partial charge in [-0.3, -0.25) is 9.69 Å². The van der Waals surface area contributed by atoms with Gasteiger partial charge in [-0.2, -0.15) is 0 Å². The highest BCUT2D eigenvalue weighted by Gasteiger charge is 2.21. The Hall–Kier alpha value is -1.11. The molecule has 2 aromatic rings. The molecule has 1 amide bonds. The first-order chi connectivity index (χ1) is 10.7. The standard InChI is InChI=1S/C16H19BrN2O2S/c17-15-5-4-14(22-15)12-18-7-9-19(10-8-18)16(20)6-3-13-2-1-11-21-13/h1-2,4-5,11H,3,6-10,12H2. The average molecular weight is 383 g/mol. The fourth-order valence-electron chi connectivity index (χ4n) is 2.66. The van der Waals surface area contributed by atoms with Crippen molar-refractivity contribution in [2.75, 3.05) is 26.2 Å². The molecule has 0 aromatic carbocycles. The molecule has 118 valence electrons. The van der Waals surface area contributed by atoms with Crippen molar-refractivity contribution in [1.82, 2.24) is 9.80 Å². The van der Waals surface area contributed by atoms with Crippen molar-refractivity contribution in [3.8, 4) is 0 Å². The zero-order valence-corrected chi connectivity index (χ0v) is 14.7. The molecular formula is C16H19BrN2O2S. The van der Waals surface area contributed by atoms with E-state index in [1.54, 1.807) is 17.6 Å². The van der Waals surface area contributed by atoms with Crippen molar-refractivity contribution in [3.63, 3.8) is 0 Å². The van der Waals surface area contributed by atoms with Gasteiger partial charge in [-0.15, -0.1) is 11.3 Å². The van der Waals surface area contributed by atoms with Gasteiger partial charge in [0.05, 0.1) is 10.0 Å². The van der Waals surface area contributed by atoms with Gasteiger partial charge in [0, 0.05) is 50.4 Å². The predicted octanol–water partition coefficient (Wildman–Crippen LogP) is 3.38. The van der Waals surface area contributed by atoms with Crippen LogP contribution >= 0.6 is 27.3 Å². The van der Waals surface area contributed by atoms with Crippen LogP contribution in [0.3, 0.4) is 0 Å². The summed E-state index contributed by atoms with van der Waals surface area (Å²) in [5, 5.41) is 0. The van der Waals surface area contributed by atoms with E-state index >= 15 is 0 Å². The maximum absolute atomic E-state index is 12.2. The Morgan fingerprint density at radius 2 is 2.05 bits per heavy atom. The lowest BCUT2D eigenvalue weighted by molar-refractivity contribution is -0.133. The number of aryl methyl sites for hydroxylation is 1. The van der Waals surface area contributed by atoms with Crippen LogP contribution in [0.5, 0.6) is 0 Å². The highest BCUT2D eigenvalue weighted by molar-refractivity contribution is 9.11. The quantitative estimate of drug-likeness (QED) is 0.795. The number of halogens is 1. The minimum Gasteiger partial charge on any atom is -0.469 e. The van der Waals surface area contributed by atoms with Gasteiger partial charge >= 0.3 is 0 Å². The first-order valence-electron chi connectivity index (χ1n) is 7.47. The number of hydrogen-bond donors (Lipinski definition) is 0. The number of piperazine rings is 1. The van der Waals surface area contributed by atoms with Gasteiger partial charge in [-0.1, -0.05) is 0 Å². The summed E-state index contributed by atoms with van der Waals surface area (Å²) < 4.78 is 6.45. The van der Waals surface area contributed by atoms with E-state index in [9.17, 15) is 4.79 Å². The Morgan fingerprint density at radius 1 is 1.23 bits per heavy atom. The molecule has 22 heavy (non-hydrogen) atoms. The molecule has 6 heteroatoms. The van der Waals surface area contributed by atoms with E-state index in [-0.39, 0.29) is 5.91 Å². The molecule has 2 aromatic heterocycles.